The number of nitrogens with zero attached hydrogens (tertiary/aromatic N) is 1. The molecule has 1 heteroatoms. The fourth-order valence-corrected chi connectivity index (χ4v) is 2.12. The van der Waals surface area contributed by atoms with Gasteiger partial charge in [-0.15, -0.1) is 0 Å². The summed E-state index contributed by atoms with van der Waals surface area (Å²) in [5.74, 6) is 0.674. The maximum absolute atomic E-state index is 8.80. The second-order valence-corrected chi connectivity index (χ2v) is 3.88. The molecule has 0 bridgehead atoms. The summed E-state index contributed by atoms with van der Waals surface area (Å²) in [5, 5.41) is 8.80. The van der Waals surface area contributed by atoms with Crippen LogP contribution in [0.3, 0.4) is 0 Å². The molecule has 0 saturated heterocycles. The molecule has 0 heterocycles. The van der Waals surface area contributed by atoms with E-state index in [1.807, 2.05) is 18.2 Å². The van der Waals surface area contributed by atoms with Crippen LogP contribution in [0.2, 0.25) is 0 Å². The number of benzene rings is 1. The lowest BCUT2D eigenvalue weighted by molar-refractivity contribution is 0.512. The minimum absolute atomic E-state index is 0.674. The molecule has 1 aliphatic rings. The highest BCUT2D eigenvalue weighted by Crippen LogP contribution is 2.32. The zero-order chi connectivity index (χ0) is 9.80. The number of hydrogen-bond donors (Lipinski definition) is 0. The van der Waals surface area contributed by atoms with Crippen LogP contribution in [0.4, 0.5) is 0 Å². The Bertz CT molecular complexity index is 342. The van der Waals surface area contributed by atoms with Crippen LogP contribution in [-0.2, 0) is 0 Å². The van der Waals surface area contributed by atoms with Crippen molar-refractivity contribution < 1.29 is 0 Å². The summed E-state index contributed by atoms with van der Waals surface area (Å²) in [5.41, 5.74) is 2.13. The highest BCUT2D eigenvalue weighted by atomic mass is 14.2. The molecular formula is C13H14N. The maximum atomic E-state index is 8.80. The lowest BCUT2D eigenvalue weighted by Crippen LogP contribution is -2.04. The van der Waals surface area contributed by atoms with Gasteiger partial charge in [-0.05, 0) is 55.7 Å². The van der Waals surface area contributed by atoms with E-state index in [0.29, 0.717) is 5.92 Å². The Labute approximate surface area is 85.4 Å². The smallest absolute Gasteiger partial charge is 0.0991 e. The number of rotatable bonds is 1. The van der Waals surface area contributed by atoms with E-state index in [1.165, 1.54) is 31.2 Å². The highest BCUT2D eigenvalue weighted by molar-refractivity contribution is 5.34. The molecule has 1 aromatic carbocycles. The molecule has 2 rings (SSSR count). The van der Waals surface area contributed by atoms with Gasteiger partial charge >= 0.3 is 0 Å². The molecule has 1 aliphatic carbocycles. The average molecular weight is 184 g/mol. The third-order valence-corrected chi connectivity index (χ3v) is 2.93. The Hall–Kier alpha value is -1.29. The van der Waals surface area contributed by atoms with Crippen molar-refractivity contribution in [2.24, 2.45) is 0 Å². The second-order valence-electron chi connectivity index (χ2n) is 3.88. The van der Waals surface area contributed by atoms with Gasteiger partial charge in [0, 0.05) is 0 Å². The molecule has 1 saturated carbocycles. The predicted molar refractivity (Wildman–Crippen MR) is 56.7 cm³/mol. The second kappa shape index (κ2) is 4.28. The molecule has 1 fully saturated rings. The van der Waals surface area contributed by atoms with Crippen molar-refractivity contribution in [1.82, 2.24) is 0 Å². The Morgan fingerprint density at radius 2 is 2.00 bits per heavy atom. The zero-order valence-corrected chi connectivity index (χ0v) is 8.24. The van der Waals surface area contributed by atoms with Gasteiger partial charge in [0.05, 0.1) is 11.6 Å². The van der Waals surface area contributed by atoms with Gasteiger partial charge in [0.1, 0.15) is 0 Å². The topological polar surface area (TPSA) is 23.8 Å². The molecule has 71 valence electrons. The average Bonchev–Trinajstić information content (AvgIpc) is 2.30. The van der Waals surface area contributed by atoms with Crippen molar-refractivity contribution in [3.63, 3.8) is 0 Å². The number of hydrogen-bond acceptors (Lipinski definition) is 1. The predicted octanol–water partition coefficient (Wildman–Crippen LogP) is 3.42. The molecular weight excluding hydrogens is 170 g/mol. The van der Waals surface area contributed by atoms with E-state index in [-0.39, 0.29) is 0 Å². The first-order chi connectivity index (χ1) is 6.90. The lowest BCUT2D eigenvalue weighted by atomic mass is 9.84. The summed E-state index contributed by atoms with van der Waals surface area (Å²) < 4.78 is 0. The minimum Gasteiger partial charge on any atom is -0.192 e. The largest absolute Gasteiger partial charge is 0.192 e. The maximum Gasteiger partial charge on any atom is 0.0991 e. The Morgan fingerprint density at radius 1 is 1.21 bits per heavy atom. The standard InChI is InChI=1S/C13H14N/c14-10-11-5-4-8-13(9-11)12-6-2-1-3-7-12/h1,4-5,8-9,12H,2-3,6-7H2. The van der Waals surface area contributed by atoms with Gasteiger partial charge in [-0.1, -0.05) is 12.1 Å². The van der Waals surface area contributed by atoms with Crippen molar-refractivity contribution in [1.29, 1.82) is 5.26 Å². The van der Waals surface area contributed by atoms with Gasteiger partial charge in [0.2, 0.25) is 0 Å². The Morgan fingerprint density at radius 3 is 2.71 bits per heavy atom. The van der Waals surface area contributed by atoms with E-state index in [2.05, 4.69) is 18.6 Å². The molecule has 1 aromatic rings. The first-order valence-electron chi connectivity index (χ1n) is 5.22. The van der Waals surface area contributed by atoms with Crippen molar-refractivity contribution in [3.05, 3.63) is 41.8 Å². The van der Waals surface area contributed by atoms with E-state index in [1.54, 1.807) is 0 Å². The van der Waals surface area contributed by atoms with Crippen LogP contribution < -0.4 is 0 Å². The van der Waals surface area contributed by atoms with Crippen molar-refractivity contribution in [2.75, 3.05) is 0 Å². The molecule has 0 amide bonds. The minimum atomic E-state index is 0.674. The van der Waals surface area contributed by atoms with Crippen LogP contribution in [0, 0.1) is 17.8 Å². The molecule has 14 heavy (non-hydrogen) atoms. The molecule has 0 spiro atoms. The third-order valence-electron chi connectivity index (χ3n) is 2.93. The molecule has 0 aromatic heterocycles. The van der Waals surface area contributed by atoms with E-state index in [9.17, 15) is 0 Å². The quantitative estimate of drug-likeness (QED) is 0.656. The lowest BCUT2D eigenvalue weighted by Gasteiger charge is -2.21. The van der Waals surface area contributed by atoms with Crippen LogP contribution in [0.1, 0.15) is 42.7 Å². The fraction of sp³-hybridized carbons (Fsp3) is 0.385. The molecule has 0 atom stereocenters. The normalized spacial score (nSPS) is 17.6. The van der Waals surface area contributed by atoms with Gasteiger partial charge in [0.25, 0.3) is 0 Å². The first kappa shape index (κ1) is 9.27. The Balaban J connectivity index is 2.18. The van der Waals surface area contributed by atoms with Gasteiger partial charge < -0.3 is 0 Å². The molecule has 0 unspecified atom stereocenters. The Kier molecular flexibility index (Phi) is 2.84. The highest BCUT2D eigenvalue weighted by Gasteiger charge is 2.15. The zero-order valence-electron chi connectivity index (χ0n) is 8.24. The first-order valence-corrected chi connectivity index (χ1v) is 5.22. The van der Waals surface area contributed by atoms with E-state index in [0.717, 1.165) is 5.56 Å². The number of nitriles is 1. The van der Waals surface area contributed by atoms with Gasteiger partial charge in [0.15, 0.2) is 0 Å². The van der Waals surface area contributed by atoms with Gasteiger partial charge in [-0.25, -0.2) is 0 Å². The van der Waals surface area contributed by atoms with E-state index >= 15 is 0 Å². The summed E-state index contributed by atoms with van der Waals surface area (Å²) in [6, 6.07) is 10.3. The van der Waals surface area contributed by atoms with Crippen molar-refractivity contribution >= 4 is 0 Å². The van der Waals surface area contributed by atoms with Crippen molar-refractivity contribution in [2.45, 2.75) is 31.6 Å². The molecule has 1 nitrogen and oxygen atoms in total. The summed E-state index contributed by atoms with van der Waals surface area (Å²) in [4.78, 5) is 0. The third kappa shape index (κ3) is 1.96. The monoisotopic (exact) mass is 184 g/mol. The fourth-order valence-electron chi connectivity index (χ4n) is 2.12. The molecule has 0 N–H and O–H groups in total. The van der Waals surface area contributed by atoms with E-state index in [4.69, 9.17) is 5.26 Å². The van der Waals surface area contributed by atoms with E-state index < -0.39 is 0 Å². The SMILES string of the molecule is N#Cc1cccc(C2CC[CH]CC2)c1. The van der Waals surface area contributed by atoms with Crippen LogP contribution in [-0.4, -0.2) is 0 Å². The van der Waals surface area contributed by atoms with Gasteiger partial charge in [-0.2, -0.15) is 5.26 Å². The summed E-state index contributed by atoms with van der Waals surface area (Å²) in [6.45, 7) is 0. The summed E-state index contributed by atoms with van der Waals surface area (Å²) in [7, 11) is 0. The summed E-state index contributed by atoms with van der Waals surface area (Å²) in [6.07, 6.45) is 7.30. The van der Waals surface area contributed by atoms with Gasteiger partial charge in [-0.3, -0.25) is 0 Å². The van der Waals surface area contributed by atoms with Crippen LogP contribution in [0.15, 0.2) is 24.3 Å². The summed E-state index contributed by atoms with van der Waals surface area (Å²) >= 11 is 0. The van der Waals surface area contributed by atoms with Crippen molar-refractivity contribution in [3.8, 4) is 6.07 Å². The van der Waals surface area contributed by atoms with Crippen LogP contribution >= 0.6 is 0 Å². The molecule has 0 aliphatic heterocycles. The van der Waals surface area contributed by atoms with Crippen LogP contribution in [0.25, 0.3) is 0 Å². The van der Waals surface area contributed by atoms with Crippen LogP contribution in [0.5, 0.6) is 0 Å². The molecule has 1 radical (unpaired) electrons.